The normalized spacial score (nSPS) is 19.1. The molecule has 1 N–H and O–H groups in total. The molecule has 1 aliphatic carbocycles. The molecule has 0 radical (unpaired) electrons. The first-order valence-electron chi connectivity index (χ1n) is 10.3. The molecule has 1 unspecified atom stereocenters. The molecule has 1 aliphatic heterocycles. The van der Waals surface area contributed by atoms with Crippen LogP contribution in [0, 0.1) is 6.92 Å². The number of allylic oxidation sites excluding steroid dienone is 1. The highest BCUT2D eigenvalue weighted by Gasteiger charge is 2.36. The zero-order valence-electron chi connectivity index (χ0n) is 16.9. The van der Waals surface area contributed by atoms with Gasteiger partial charge in [0.2, 0.25) is 0 Å². The van der Waals surface area contributed by atoms with Crippen molar-refractivity contribution in [3.63, 3.8) is 0 Å². The number of hydrogen-bond donors (Lipinski definition) is 1. The number of nitrogens with one attached hydrogen (secondary N) is 1. The third kappa shape index (κ3) is 3.92. The highest BCUT2D eigenvalue weighted by atomic mass is 32.1. The molecule has 1 heterocycles. The number of hydrogen-bond acceptors (Lipinski definition) is 3. The van der Waals surface area contributed by atoms with Gasteiger partial charge in [-0.1, -0.05) is 37.3 Å². The topological polar surface area (TPSA) is 41.6 Å². The van der Waals surface area contributed by atoms with E-state index in [4.69, 9.17) is 17.0 Å². The van der Waals surface area contributed by atoms with Crippen LogP contribution in [0.5, 0.6) is 11.5 Å². The van der Waals surface area contributed by atoms with Gasteiger partial charge in [0.1, 0.15) is 11.5 Å². The molecule has 2 aliphatic rings. The molecule has 4 rings (SSSR count). The van der Waals surface area contributed by atoms with Gasteiger partial charge in [0.15, 0.2) is 10.9 Å². The highest BCUT2D eigenvalue weighted by Crippen LogP contribution is 2.38. The molecule has 4 nitrogen and oxygen atoms in total. The van der Waals surface area contributed by atoms with Crippen molar-refractivity contribution in [2.75, 3.05) is 6.54 Å². The summed E-state index contributed by atoms with van der Waals surface area (Å²) in [5.74, 6) is 1.85. The van der Waals surface area contributed by atoms with Crippen molar-refractivity contribution in [3.05, 3.63) is 70.9 Å². The van der Waals surface area contributed by atoms with Crippen LogP contribution in [0.25, 0.3) is 0 Å². The van der Waals surface area contributed by atoms with Crippen LogP contribution in [-0.2, 0) is 4.79 Å². The fraction of sp³-hybridized carbons (Fsp3) is 0.333. The first kappa shape index (κ1) is 19.6. The van der Waals surface area contributed by atoms with Crippen LogP contribution >= 0.6 is 12.2 Å². The molecule has 0 spiro atoms. The lowest BCUT2D eigenvalue weighted by Gasteiger charge is -2.41. The number of aryl methyl sites for hydroxylation is 1. The Morgan fingerprint density at radius 3 is 2.62 bits per heavy atom. The maximum atomic E-state index is 12.8. The van der Waals surface area contributed by atoms with E-state index in [0.29, 0.717) is 11.5 Å². The second-order valence-corrected chi connectivity index (χ2v) is 7.99. The standard InChI is InChI=1S/C24H26N2O2S/c1-3-15-26-19-8-6-9-20(27)22(19)23(25-24(26)29)17-11-13-18(14-12-17)28-21-10-5-4-7-16(21)2/h4-5,7,10-14,23H,3,6,8-9,15H2,1-2H3,(H,25,29). The quantitative estimate of drug-likeness (QED) is 0.670. The number of ketones is 1. The van der Waals surface area contributed by atoms with Crippen LogP contribution < -0.4 is 10.1 Å². The summed E-state index contributed by atoms with van der Waals surface area (Å²) in [6.07, 6.45) is 3.41. The van der Waals surface area contributed by atoms with E-state index < -0.39 is 0 Å². The number of benzene rings is 2. The summed E-state index contributed by atoms with van der Waals surface area (Å²) < 4.78 is 6.02. The number of thiocarbonyl (C=S) groups is 1. The van der Waals surface area contributed by atoms with Crippen LogP contribution in [0.4, 0.5) is 0 Å². The second-order valence-electron chi connectivity index (χ2n) is 7.61. The summed E-state index contributed by atoms with van der Waals surface area (Å²) in [4.78, 5) is 14.9. The van der Waals surface area contributed by atoms with Crippen molar-refractivity contribution in [3.8, 4) is 11.5 Å². The Kier molecular flexibility index (Phi) is 5.67. The third-order valence-electron chi connectivity index (χ3n) is 5.54. The highest BCUT2D eigenvalue weighted by molar-refractivity contribution is 7.80. The van der Waals surface area contributed by atoms with Gasteiger partial charge < -0.3 is 15.0 Å². The van der Waals surface area contributed by atoms with Gasteiger partial charge in [-0.3, -0.25) is 4.79 Å². The monoisotopic (exact) mass is 406 g/mol. The van der Waals surface area contributed by atoms with Crippen molar-refractivity contribution in [1.29, 1.82) is 0 Å². The molecule has 150 valence electrons. The van der Waals surface area contributed by atoms with Crippen LogP contribution in [0.3, 0.4) is 0 Å². The fourth-order valence-electron chi connectivity index (χ4n) is 4.09. The molecular formula is C24H26N2O2S. The third-order valence-corrected chi connectivity index (χ3v) is 5.88. The summed E-state index contributed by atoms with van der Waals surface area (Å²) in [6.45, 7) is 5.00. The van der Waals surface area contributed by atoms with E-state index in [2.05, 4.69) is 17.1 Å². The Hall–Kier alpha value is -2.66. The van der Waals surface area contributed by atoms with E-state index >= 15 is 0 Å². The van der Waals surface area contributed by atoms with E-state index in [-0.39, 0.29) is 11.8 Å². The maximum Gasteiger partial charge on any atom is 0.173 e. The van der Waals surface area contributed by atoms with Gasteiger partial charge in [0.05, 0.1) is 6.04 Å². The van der Waals surface area contributed by atoms with E-state index in [1.165, 1.54) is 0 Å². The summed E-state index contributed by atoms with van der Waals surface area (Å²) in [5.41, 5.74) is 4.11. The molecule has 0 bridgehead atoms. The Bertz CT molecular complexity index is 965. The van der Waals surface area contributed by atoms with Gasteiger partial charge in [-0.25, -0.2) is 0 Å². The molecular weight excluding hydrogens is 380 g/mol. The maximum absolute atomic E-state index is 12.8. The summed E-state index contributed by atoms with van der Waals surface area (Å²) in [6, 6.07) is 15.7. The zero-order valence-corrected chi connectivity index (χ0v) is 17.7. The molecule has 2 aromatic rings. The zero-order chi connectivity index (χ0) is 20.4. The number of nitrogens with zero attached hydrogens (tertiary/aromatic N) is 1. The van der Waals surface area contributed by atoms with Gasteiger partial charge in [-0.05, 0) is 67.7 Å². The number of rotatable bonds is 5. The number of carbonyl (C=O) groups excluding carboxylic acids is 1. The molecule has 0 saturated carbocycles. The van der Waals surface area contributed by atoms with Crippen LogP contribution in [0.2, 0.25) is 0 Å². The van der Waals surface area contributed by atoms with E-state index in [0.717, 1.165) is 59.7 Å². The lowest BCUT2D eigenvalue weighted by atomic mass is 9.85. The second kappa shape index (κ2) is 8.37. The molecule has 1 atom stereocenters. The predicted octanol–water partition coefficient (Wildman–Crippen LogP) is 5.44. The average Bonchev–Trinajstić information content (AvgIpc) is 2.72. The minimum Gasteiger partial charge on any atom is -0.457 e. The fourth-order valence-corrected chi connectivity index (χ4v) is 4.41. The Balaban J connectivity index is 1.63. The van der Waals surface area contributed by atoms with Crippen molar-refractivity contribution in [2.24, 2.45) is 0 Å². The molecule has 2 aromatic carbocycles. The summed E-state index contributed by atoms with van der Waals surface area (Å²) >= 11 is 5.65. The van der Waals surface area contributed by atoms with Crippen molar-refractivity contribution < 1.29 is 9.53 Å². The Labute approximate surface area is 177 Å². The van der Waals surface area contributed by atoms with Crippen LogP contribution in [-0.4, -0.2) is 22.3 Å². The lowest BCUT2D eigenvalue weighted by Crippen LogP contribution is -2.49. The van der Waals surface area contributed by atoms with E-state index in [9.17, 15) is 4.79 Å². The number of Topliss-reactive ketones (excluding diaryl/α,β-unsaturated/α-hetero) is 1. The number of para-hydroxylation sites is 1. The van der Waals surface area contributed by atoms with E-state index in [1.54, 1.807) is 0 Å². The van der Waals surface area contributed by atoms with Gasteiger partial charge in [-0.2, -0.15) is 0 Å². The number of carbonyl (C=O) groups is 1. The smallest absolute Gasteiger partial charge is 0.173 e. The van der Waals surface area contributed by atoms with Crippen LogP contribution in [0.15, 0.2) is 59.8 Å². The van der Waals surface area contributed by atoms with Crippen LogP contribution in [0.1, 0.15) is 49.8 Å². The largest absolute Gasteiger partial charge is 0.457 e. The summed E-state index contributed by atoms with van der Waals surface area (Å²) in [7, 11) is 0. The van der Waals surface area contributed by atoms with Crippen molar-refractivity contribution in [1.82, 2.24) is 10.2 Å². The van der Waals surface area contributed by atoms with Gasteiger partial charge in [0, 0.05) is 24.2 Å². The average molecular weight is 407 g/mol. The Morgan fingerprint density at radius 2 is 1.90 bits per heavy atom. The SMILES string of the molecule is CCCN1C(=S)NC(c2ccc(Oc3ccccc3C)cc2)C2=C1CCCC2=O. The first-order valence-corrected chi connectivity index (χ1v) is 10.7. The predicted molar refractivity (Wildman–Crippen MR) is 119 cm³/mol. The molecule has 0 aromatic heterocycles. The molecule has 0 fully saturated rings. The number of ether oxygens (including phenoxy) is 1. The van der Waals surface area contributed by atoms with Crippen molar-refractivity contribution in [2.45, 2.75) is 45.6 Å². The Morgan fingerprint density at radius 1 is 1.14 bits per heavy atom. The molecule has 0 saturated heterocycles. The van der Waals surface area contributed by atoms with E-state index in [1.807, 2.05) is 55.5 Å². The van der Waals surface area contributed by atoms with Crippen molar-refractivity contribution >= 4 is 23.1 Å². The molecule has 29 heavy (non-hydrogen) atoms. The minimum absolute atomic E-state index is 0.189. The lowest BCUT2D eigenvalue weighted by molar-refractivity contribution is -0.116. The summed E-state index contributed by atoms with van der Waals surface area (Å²) in [5, 5.41) is 4.13. The molecule has 5 heteroatoms. The van der Waals surface area contributed by atoms with Gasteiger partial charge in [0.25, 0.3) is 0 Å². The first-order chi connectivity index (χ1) is 14.1. The minimum atomic E-state index is -0.189. The molecule has 0 amide bonds. The van der Waals surface area contributed by atoms with Gasteiger partial charge >= 0.3 is 0 Å². The van der Waals surface area contributed by atoms with Gasteiger partial charge in [-0.15, -0.1) is 0 Å².